The molecule has 0 aromatic heterocycles. The van der Waals surface area contributed by atoms with E-state index in [9.17, 15) is 9.59 Å². The third kappa shape index (κ3) is 2.85. The molecule has 0 aliphatic carbocycles. The summed E-state index contributed by atoms with van der Waals surface area (Å²) in [6.07, 6.45) is 4.57. The summed E-state index contributed by atoms with van der Waals surface area (Å²) in [4.78, 5) is 27.7. The van der Waals surface area contributed by atoms with Crippen molar-refractivity contribution in [1.29, 1.82) is 0 Å². The number of rotatable bonds is 6. The highest BCUT2D eigenvalue weighted by Gasteiger charge is 2.55. The van der Waals surface area contributed by atoms with E-state index in [2.05, 4.69) is 5.32 Å². The van der Waals surface area contributed by atoms with Gasteiger partial charge in [0.15, 0.2) is 0 Å². The molecule has 1 aliphatic heterocycles. The summed E-state index contributed by atoms with van der Waals surface area (Å²) >= 11 is 0. The van der Waals surface area contributed by atoms with Crippen LogP contribution < -0.4 is 5.32 Å². The van der Waals surface area contributed by atoms with Gasteiger partial charge in [-0.3, -0.25) is 9.59 Å². The molecule has 0 aromatic carbocycles. The number of hydrogen-bond acceptors (Lipinski definition) is 2. The minimum Gasteiger partial charge on any atom is -0.340 e. The van der Waals surface area contributed by atoms with Crippen LogP contribution >= 0.6 is 0 Å². The molecule has 0 unspecified atom stereocenters. The number of piperazine rings is 1. The van der Waals surface area contributed by atoms with E-state index in [1.165, 1.54) is 0 Å². The van der Waals surface area contributed by atoms with E-state index in [0.717, 1.165) is 5.57 Å². The average molecular weight is 294 g/mol. The molecule has 1 aliphatic rings. The van der Waals surface area contributed by atoms with Gasteiger partial charge in [0.1, 0.15) is 11.1 Å². The van der Waals surface area contributed by atoms with Crippen molar-refractivity contribution in [2.45, 2.75) is 78.3 Å². The standard InChI is InChI=1S/C17H30N2O2/c1-7-16(8-2)15(21)19(12-11-13(5)6)17(9-3,10-4)14(20)18-16/h11H,7-10,12H2,1-6H3,(H,18,20). The van der Waals surface area contributed by atoms with E-state index in [1.54, 1.807) is 0 Å². The zero-order chi connectivity index (χ0) is 16.3. The summed E-state index contributed by atoms with van der Waals surface area (Å²) < 4.78 is 0. The van der Waals surface area contributed by atoms with Crippen LogP contribution in [0.15, 0.2) is 11.6 Å². The zero-order valence-electron chi connectivity index (χ0n) is 14.4. The normalized spacial score (nSPS) is 20.2. The first-order valence-corrected chi connectivity index (χ1v) is 8.11. The molecular formula is C17H30N2O2. The van der Waals surface area contributed by atoms with E-state index in [1.807, 2.05) is 52.5 Å². The highest BCUT2D eigenvalue weighted by atomic mass is 16.2. The quantitative estimate of drug-likeness (QED) is 0.766. The fraction of sp³-hybridized carbons (Fsp3) is 0.765. The zero-order valence-corrected chi connectivity index (χ0v) is 14.4. The van der Waals surface area contributed by atoms with Crippen molar-refractivity contribution >= 4 is 11.8 Å². The largest absolute Gasteiger partial charge is 0.340 e. The van der Waals surface area contributed by atoms with E-state index in [0.29, 0.717) is 32.2 Å². The molecule has 1 N–H and O–H groups in total. The number of carbonyl (C=O) groups excluding carboxylic acids is 2. The first-order valence-electron chi connectivity index (χ1n) is 8.11. The van der Waals surface area contributed by atoms with Crippen LogP contribution in [0.1, 0.15) is 67.2 Å². The summed E-state index contributed by atoms with van der Waals surface area (Å²) in [7, 11) is 0. The number of allylic oxidation sites excluding steroid dienone is 1. The Morgan fingerprint density at radius 3 is 1.95 bits per heavy atom. The van der Waals surface area contributed by atoms with Gasteiger partial charge in [-0.15, -0.1) is 0 Å². The third-order valence-corrected chi connectivity index (χ3v) is 5.01. The van der Waals surface area contributed by atoms with E-state index >= 15 is 0 Å². The topological polar surface area (TPSA) is 49.4 Å². The molecule has 0 saturated carbocycles. The third-order valence-electron chi connectivity index (χ3n) is 5.01. The second-order valence-corrected chi connectivity index (χ2v) is 6.18. The van der Waals surface area contributed by atoms with Crippen molar-refractivity contribution in [3.8, 4) is 0 Å². The molecule has 1 rings (SSSR count). The molecule has 4 nitrogen and oxygen atoms in total. The monoisotopic (exact) mass is 294 g/mol. The van der Waals surface area contributed by atoms with Crippen LogP contribution in [0.5, 0.6) is 0 Å². The molecule has 1 saturated heterocycles. The molecule has 0 radical (unpaired) electrons. The first kappa shape index (κ1) is 17.7. The van der Waals surface area contributed by atoms with Gasteiger partial charge in [-0.1, -0.05) is 39.3 Å². The minimum atomic E-state index is -0.736. The van der Waals surface area contributed by atoms with Crippen molar-refractivity contribution in [1.82, 2.24) is 10.2 Å². The van der Waals surface area contributed by atoms with Crippen molar-refractivity contribution in [3.63, 3.8) is 0 Å². The molecule has 120 valence electrons. The maximum Gasteiger partial charge on any atom is 0.249 e. The number of carbonyl (C=O) groups is 2. The summed E-state index contributed by atoms with van der Waals surface area (Å²) in [5, 5.41) is 3.04. The Morgan fingerprint density at radius 1 is 1.05 bits per heavy atom. The fourth-order valence-corrected chi connectivity index (χ4v) is 3.18. The van der Waals surface area contributed by atoms with Crippen molar-refractivity contribution in [2.24, 2.45) is 0 Å². The summed E-state index contributed by atoms with van der Waals surface area (Å²) in [5.74, 6) is 0.0613. The molecule has 0 atom stereocenters. The average Bonchev–Trinajstić information content (AvgIpc) is 2.47. The van der Waals surface area contributed by atoms with Gasteiger partial charge in [0.05, 0.1) is 0 Å². The molecule has 0 spiro atoms. The Balaban J connectivity index is 3.33. The van der Waals surface area contributed by atoms with Gasteiger partial charge in [0.25, 0.3) is 0 Å². The van der Waals surface area contributed by atoms with Gasteiger partial charge in [-0.2, -0.15) is 0 Å². The predicted octanol–water partition coefficient (Wildman–Crippen LogP) is 3.03. The molecule has 0 bridgehead atoms. The van der Waals surface area contributed by atoms with Crippen LogP contribution in [0.4, 0.5) is 0 Å². The Bertz CT molecular complexity index is 428. The number of nitrogens with one attached hydrogen (secondary N) is 1. The van der Waals surface area contributed by atoms with Gasteiger partial charge in [-0.25, -0.2) is 0 Å². The van der Waals surface area contributed by atoms with Crippen LogP contribution in [0.2, 0.25) is 0 Å². The van der Waals surface area contributed by atoms with Crippen LogP contribution in [-0.4, -0.2) is 34.3 Å². The maximum atomic E-state index is 13.1. The first-order chi connectivity index (χ1) is 9.83. The lowest BCUT2D eigenvalue weighted by atomic mass is 9.79. The molecular weight excluding hydrogens is 264 g/mol. The lowest BCUT2D eigenvalue weighted by molar-refractivity contribution is -0.163. The van der Waals surface area contributed by atoms with Crippen molar-refractivity contribution < 1.29 is 9.59 Å². The lowest BCUT2D eigenvalue weighted by Crippen LogP contribution is -2.75. The molecule has 2 amide bonds. The Labute approximate surface area is 129 Å². The van der Waals surface area contributed by atoms with E-state index < -0.39 is 11.1 Å². The Kier molecular flexibility index (Phi) is 5.60. The van der Waals surface area contributed by atoms with Crippen LogP contribution in [0.25, 0.3) is 0 Å². The Hall–Kier alpha value is -1.32. The molecule has 0 aromatic rings. The highest BCUT2D eigenvalue weighted by Crippen LogP contribution is 2.34. The predicted molar refractivity (Wildman–Crippen MR) is 85.9 cm³/mol. The van der Waals surface area contributed by atoms with Crippen LogP contribution in [0.3, 0.4) is 0 Å². The second kappa shape index (κ2) is 6.63. The number of amides is 2. The van der Waals surface area contributed by atoms with E-state index in [4.69, 9.17) is 0 Å². The smallest absolute Gasteiger partial charge is 0.249 e. The van der Waals surface area contributed by atoms with Gasteiger partial charge in [-0.05, 0) is 39.5 Å². The summed E-state index contributed by atoms with van der Waals surface area (Å²) in [6.45, 7) is 12.4. The van der Waals surface area contributed by atoms with Crippen molar-refractivity contribution in [2.75, 3.05) is 6.54 Å². The number of hydrogen-bond donors (Lipinski definition) is 1. The summed E-state index contributed by atoms with van der Waals surface area (Å²) in [5.41, 5.74) is -0.287. The van der Waals surface area contributed by atoms with Gasteiger partial charge < -0.3 is 10.2 Å². The fourth-order valence-electron chi connectivity index (χ4n) is 3.18. The number of nitrogens with zero attached hydrogens (tertiary/aromatic N) is 1. The van der Waals surface area contributed by atoms with Gasteiger partial charge >= 0.3 is 0 Å². The van der Waals surface area contributed by atoms with Gasteiger partial charge in [0.2, 0.25) is 11.8 Å². The minimum absolute atomic E-state index is 0.00189. The van der Waals surface area contributed by atoms with Crippen LogP contribution in [-0.2, 0) is 9.59 Å². The van der Waals surface area contributed by atoms with E-state index in [-0.39, 0.29) is 11.8 Å². The molecule has 1 heterocycles. The Morgan fingerprint density at radius 2 is 1.57 bits per heavy atom. The SMILES string of the molecule is CCC1(CC)NC(=O)C(CC)(CC)N(CC=C(C)C)C1=O. The molecule has 4 heteroatoms. The van der Waals surface area contributed by atoms with Crippen LogP contribution in [0, 0.1) is 0 Å². The second-order valence-electron chi connectivity index (χ2n) is 6.18. The molecule has 1 fully saturated rings. The lowest BCUT2D eigenvalue weighted by Gasteiger charge is -2.52. The molecule has 21 heavy (non-hydrogen) atoms. The van der Waals surface area contributed by atoms with Crippen molar-refractivity contribution in [3.05, 3.63) is 11.6 Å². The maximum absolute atomic E-state index is 13.1. The highest BCUT2D eigenvalue weighted by molar-refractivity contribution is 6.02. The van der Waals surface area contributed by atoms with Gasteiger partial charge in [0, 0.05) is 6.54 Å². The summed E-state index contributed by atoms with van der Waals surface area (Å²) in [6, 6.07) is 0.